The first-order valence-corrected chi connectivity index (χ1v) is 6.85. The van der Waals surface area contributed by atoms with Crippen molar-refractivity contribution in [2.24, 2.45) is 11.8 Å². The normalized spacial score (nSPS) is 31.9. The minimum Gasteiger partial charge on any atom is -0.746 e. The van der Waals surface area contributed by atoms with Crippen molar-refractivity contribution in [2.45, 2.75) is 50.9 Å². The van der Waals surface area contributed by atoms with Crippen LogP contribution in [0.1, 0.15) is 46.0 Å². The van der Waals surface area contributed by atoms with Crippen LogP contribution >= 0.6 is 0 Å². The molecule has 0 bridgehead atoms. The Balaban J connectivity index is 0.00000225. The molecule has 1 N–H and O–H groups in total. The summed E-state index contributed by atoms with van der Waals surface area (Å²) in [4.78, 5) is -2.02. The maximum Gasteiger partial charge on any atom is 1.00 e. The van der Waals surface area contributed by atoms with Gasteiger partial charge in [0.15, 0.2) is 4.93 Å². The Labute approximate surface area is 120 Å². The third kappa shape index (κ3) is 3.96. The first-order chi connectivity index (χ1) is 6.76. The van der Waals surface area contributed by atoms with Crippen molar-refractivity contribution in [3.05, 3.63) is 0 Å². The summed E-state index contributed by atoms with van der Waals surface area (Å²) < 4.78 is 32.8. The Bertz CT molecular complexity index is 315. The van der Waals surface area contributed by atoms with E-state index < -0.39 is 15.1 Å². The fraction of sp³-hybridized carbons (Fsp3) is 1.00. The van der Waals surface area contributed by atoms with Crippen molar-refractivity contribution in [1.82, 2.24) is 0 Å². The Kier molecular flexibility index (Phi) is 6.49. The van der Waals surface area contributed by atoms with Crippen LogP contribution in [0.2, 0.25) is 0 Å². The summed E-state index contributed by atoms with van der Waals surface area (Å²) in [6.07, 6.45) is 2.30. The molecule has 4 nitrogen and oxygen atoms in total. The summed E-state index contributed by atoms with van der Waals surface area (Å²) in [6.45, 7) is 4.17. The van der Waals surface area contributed by atoms with E-state index in [1.54, 1.807) is 0 Å². The summed E-state index contributed by atoms with van der Waals surface area (Å²) >= 11 is 0. The molecule has 0 aliphatic heterocycles. The van der Waals surface area contributed by atoms with Crippen LogP contribution < -0.4 is 29.6 Å². The van der Waals surface area contributed by atoms with Crippen molar-refractivity contribution >= 4 is 10.1 Å². The van der Waals surface area contributed by atoms with Crippen LogP contribution in [0.25, 0.3) is 0 Å². The zero-order valence-corrected chi connectivity index (χ0v) is 13.1. The van der Waals surface area contributed by atoms with E-state index in [-0.39, 0.29) is 42.4 Å². The SMILES string of the molecule is CC(C)C1CCCC(O)(S(=O)(=O)[O-])CC1.[Na+]. The average molecular weight is 258 g/mol. The van der Waals surface area contributed by atoms with Gasteiger partial charge in [-0.15, -0.1) is 0 Å². The zero-order chi connectivity index (χ0) is 11.7. The van der Waals surface area contributed by atoms with E-state index in [4.69, 9.17) is 0 Å². The van der Waals surface area contributed by atoms with Gasteiger partial charge in [0.1, 0.15) is 10.1 Å². The standard InChI is InChI=1S/C10H20O4S.Na/c1-8(2)9-4-3-6-10(11,7-5-9)15(12,13)14;/h8-9,11H,3-7H2,1-2H3,(H,12,13,14);/q;+1/p-1. The van der Waals surface area contributed by atoms with Gasteiger partial charge in [-0.25, -0.2) is 8.42 Å². The zero-order valence-electron chi connectivity index (χ0n) is 10.3. The second-order valence-electron chi connectivity index (χ2n) is 4.84. The van der Waals surface area contributed by atoms with E-state index in [0.29, 0.717) is 24.7 Å². The molecular formula is C10H19NaO4S. The van der Waals surface area contributed by atoms with Crippen LogP contribution in [0.5, 0.6) is 0 Å². The van der Waals surface area contributed by atoms with Gasteiger partial charge < -0.3 is 9.66 Å². The molecule has 0 aromatic heterocycles. The number of hydrogen-bond acceptors (Lipinski definition) is 4. The second kappa shape index (κ2) is 6.16. The summed E-state index contributed by atoms with van der Waals surface area (Å²) in [5.41, 5.74) is 0. The van der Waals surface area contributed by atoms with Gasteiger partial charge in [-0.3, -0.25) is 0 Å². The van der Waals surface area contributed by atoms with E-state index in [1.165, 1.54) is 0 Å². The number of rotatable bonds is 2. The van der Waals surface area contributed by atoms with Crippen molar-refractivity contribution in [2.75, 3.05) is 0 Å². The van der Waals surface area contributed by atoms with Crippen LogP contribution in [0, 0.1) is 11.8 Å². The van der Waals surface area contributed by atoms with E-state index in [1.807, 2.05) is 0 Å². The first-order valence-electron chi connectivity index (χ1n) is 5.44. The van der Waals surface area contributed by atoms with E-state index in [9.17, 15) is 18.1 Å². The molecule has 1 aliphatic carbocycles. The molecule has 0 amide bonds. The molecule has 90 valence electrons. The van der Waals surface area contributed by atoms with Gasteiger partial charge in [0, 0.05) is 0 Å². The van der Waals surface area contributed by atoms with Crippen molar-refractivity contribution < 1.29 is 47.6 Å². The predicted molar refractivity (Wildman–Crippen MR) is 56.1 cm³/mol. The average Bonchev–Trinajstić information content (AvgIpc) is 2.26. The number of hydrogen-bond donors (Lipinski definition) is 1. The summed E-state index contributed by atoms with van der Waals surface area (Å²) in [6, 6.07) is 0. The van der Waals surface area contributed by atoms with E-state index in [0.717, 1.165) is 6.42 Å². The van der Waals surface area contributed by atoms with Gasteiger partial charge in [-0.05, 0) is 37.5 Å². The maximum absolute atomic E-state index is 10.9. The monoisotopic (exact) mass is 258 g/mol. The Morgan fingerprint density at radius 1 is 1.31 bits per heavy atom. The molecule has 16 heavy (non-hydrogen) atoms. The molecule has 0 radical (unpaired) electrons. The molecule has 0 aromatic carbocycles. The molecule has 1 aliphatic rings. The van der Waals surface area contributed by atoms with Crippen molar-refractivity contribution in [1.29, 1.82) is 0 Å². The molecule has 0 saturated heterocycles. The van der Waals surface area contributed by atoms with E-state index >= 15 is 0 Å². The molecule has 1 saturated carbocycles. The third-order valence-corrected chi connectivity index (χ3v) is 4.80. The minimum absolute atomic E-state index is 0. The first kappa shape index (κ1) is 16.9. The van der Waals surface area contributed by atoms with E-state index in [2.05, 4.69) is 13.8 Å². The van der Waals surface area contributed by atoms with Gasteiger partial charge in [-0.2, -0.15) is 0 Å². The number of aliphatic hydroxyl groups is 1. The molecule has 0 aromatic rings. The van der Waals surface area contributed by atoms with Gasteiger partial charge in [0.05, 0.1) is 0 Å². The molecular weight excluding hydrogens is 239 g/mol. The Hall–Kier alpha value is 0.870. The summed E-state index contributed by atoms with van der Waals surface area (Å²) in [5.74, 6) is 0.891. The maximum atomic E-state index is 10.9. The summed E-state index contributed by atoms with van der Waals surface area (Å²) in [7, 11) is -4.59. The van der Waals surface area contributed by atoms with Crippen LogP contribution in [-0.4, -0.2) is 23.0 Å². The largest absolute Gasteiger partial charge is 1.00 e. The van der Waals surface area contributed by atoms with Gasteiger partial charge in [0.2, 0.25) is 0 Å². The third-order valence-electron chi connectivity index (χ3n) is 3.46. The molecule has 2 atom stereocenters. The van der Waals surface area contributed by atoms with Crippen molar-refractivity contribution in [3.8, 4) is 0 Å². The molecule has 0 spiro atoms. The van der Waals surface area contributed by atoms with Gasteiger partial charge in [0.25, 0.3) is 0 Å². The smallest absolute Gasteiger partial charge is 0.746 e. The topological polar surface area (TPSA) is 77.4 Å². The van der Waals surface area contributed by atoms with Crippen LogP contribution in [-0.2, 0) is 10.1 Å². The quantitative estimate of drug-likeness (QED) is 0.370. The minimum atomic E-state index is -4.59. The predicted octanol–water partition coefficient (Wildman–Crippen LogP) is -1.54. The molecule has 2 unspecified atom stereocenters. The van der Waals surface area contributed by atoms with Gasteiger partial charge >= 0.3 is 29.6 Å². The molecule has 1 rings (SSSR count). The molecule has 6 heteroatoms. The fourth-order valence-corrected chi connectivity index (χ4v) is 3.00. The van der Waals surface area contributed by atoms with Crippen LogP contribution in [0.4, 0.5) is 0 Å². The van der Waals surface area contributed by atoms with Crippen molar-refractivity contribution in [3.63, 3.8) is 0 Å². The molecule has 1 fully saturated rings. The summed E-state index contributed by atoms with van der Waals surface area (Å²) in [5, 5.41) is 9.79. The Morgan fingerprint density at radius 2 is 1.88 bits per heavy atom. The van der Waals surface area contributed by atoms with Crippen LogP contribution in [0.3, 0.4) is 0 Å². The van der Waals surface area contributed by atoms with Crippen LogP contribution in [0.15, 0.2) is 0 Å². The fourth-order valence-electron chi connectivity index (χ4n) is 2.24. The van der Waals surface area contributed by atoms with Gasteiger partial charge in [-0.1, -0.05) is 20.3 Å². The second-order valence-corrected chi connectivity index (χ2v) is 6.50. The molecule has 0 heterocycles. The Morgan fingerprint density at radius 3 is 2.31 bits per heavy atom.